The summed E-state index contributed by atoms with van der Waals surface area (Å²) in [6.07, 6.45) is 0.994. The molecule has 0 amide bonds. The van der Waals surface area contributed by atoms with Gasteiger partial charge < -0.3 is 10.4 Å². The Bertz CT molecular complexity index is 550. The van der Waals surface area contributed by atoms with E-state index in [-0.39, 0.29) is 18.7 Å². The van der Waals surface area contributed by atoms with Crippen molar-refractivity contribution in [1.82, 2.24) is 5.32 Å². The molecular formula is C18H25NO. The van der Waals surface area contributed by atoms with Gasteiger partial charge in [-0.05, 0) is 41.7 Å². The Kier molecular flexibility index (Phi) is 5.16. The molecule has 0 spiro atoms. The fraction of sp³-hybridized carbons (Fsp3) is 0.444. The van der Waals surface area contributed by atoms with Crippen LogP contribution in [0.3, 0.4) is 0 Å². The van der Waals surface area contributed by atoms with E-state index in [0.717, 1.165) is 6.42 Å². The van der Waals surface area contributed by atoms with Crippen LogP contribution in [0, 0.1) is 5.92 Å². The van der Waals surface area contributed by atoms with E-state index in [4.69, 9.17) is 0 Å². The number of hydrogen-bond acceptors (Lipinski definition) is 2. The van der Waals surface area contributed by atoms with E-state index >= 15 is 0 Å². The predicted molar refractivity (Wildman–Crippen MR) is 85.8 cm³/mol. The Morgan fingerprint density at radius 3 is 2.35 bits per heavy atom. The molecule has 0 aliphatic carbocycles. The smallest absolute Gasteiger partial charge is 0.0584 e. The summed E-state index contributed by atoms with van der Waals surface area (Å²) in [5.74, 6) is 0.587. The van der Waals surface area contributed by atoms with Gasteiger partial charge in [0.05, 0.1) is 6.61 Å². The van der Waals surface area contributed by atoms with Crippen LogP contribution in [0.2, 0.25) is 0 Å². The Hall–Kier alpha value is -1.38. The van der Waals surface area contributed by atoms with Crippen LogP contribution in [0.25, 0.3) is 10.8 Å². The Morgan fingerprint density at radius 1 is 1.00 bits per heavy atom. The first-order valence-corrected chi connectivity index (χ1v) is 7.45. The lowest BCUT2D eigenvalue weighted by Gasteiger charge is -2.23. The van der Waals surface area contributed by atoms with Crippen LogP contribution >= 0.6 is 0 Å². The maximum atomic E-state index is 9.48. The summed E-state index contributed by atoms with van der Waals surface area (Å²) in [5.41, 5.74) is 1.27. The lowest BCUT2D eigenvalue weighted by Crippen LogP contribution is -2.35. The van der Waals surface area contributed by atoms with E-state index in [1.807, 2.05) is 0 Å². The monoisotopic (exact) mass is 271 g/mol. The molecule has 2 unspecified atom stereocenters. The Morgan fingerprint density at radius 2 is 1.70 bits per heavy atom. The maximum absolute atomic E-state index is 9.48. The van der Waals surface area contributed by atoms with Crippen molar-refractivity contribution in [3.05, 3.63) is 48.0 Å². The average Bonchev–Trinajstić information content (AvgIpc) is 2.45. The van der Waals surface area contributed by atoms with Gasteiger partial charge in [0.1, 0.15) is 0 Å². The molecule has 0 aromatic heterocycles. The quantitative estimate of drug-likeness (QED) is 0.835. The van der Waals surface area contributed by atoms with Crippen molar-refractivity contribution in [2.45, 2.75) is 39.3 Å². The van der Waals surface area contributed by atoms with Crippen molar-refractivity contribution in [1.29, 1.82) is 0 Å². The summed E-state index contributed by atoms with van der Waals surface area (Å²) in [7, 11) is 0. The predicted octanol–water partition coefficient (Wildman–Crippen LogP) is 3.90. The zero-order chi connectivity index (χ0) is 14.5. The molecule has 2 aromatic rings. The topological polar surface area (TPSA) is 32.3 Å². The summed E-state index contributed by atoms with van der Waals surface area (Å²) >= 11 is 0. The molecule has 0 radical (unpaired) electrons. The molecule has 0 heterocycles. The van der Waals surface area contributed by atoms with Crippen LogP contribution < -0.4 is 5.32 Å². The van der Waals surface area contributed by atoms with Crippen LogP contribution in [0.1, 0.15) is 38.8 Å². The summed E-state index contributed by atoms with van der Waals surface area (Å²) in [6.45, 7) is 6.72. The van der Waals surface area contributed by atoms with Crippen molar-refractivity contribution in [3.63, 3.8) is 0 Å². The lowest BCUT2D eigenvalue weighted by atomic mass is 10.00. The van der Waals surface area contributed by atoms with Crippen molar-refractivity contribution >= 4 is 10.8 Å². The third-order valence-corrected chi connectivity index (χ3v) is 3.74. The largest absolute Gasteiger partial charge is 0.395 e. The first-order chi connectivity index (χ1) is 9.60. The van der Waals surface area contributed by atoms with Crippen LogP contribution in [-0.4, -0.2) is 17.8 Å². The van der Waals surface area contributed by atoms with Gasteiger partial charge in [0.2, 0.25) is 0 Å². The zero-order valence-corrected chi connectivity index (χ0v) is 12.6. The minimum Gasteiger partial charge on any atom is -0.395 e. The first kappa shape index (κ1) is 15.0. The van der Waals surface area contributed by atoms with Crippen LogP contribution in [-0.2, 0) is 0 Å². The maximum Gasteiger partial charge on any atom is 0.0584 e. The molecule has 2 N–H and O–H groups in total. The van der Waals surface area contributed by atoms with Crippen molar-refractivity contribution in [3.8, 4) is 0 Å². The number of hydrogen-bond donors (Lipinski definition) is 2. The number of aliphatic hydroxyl groups excluding tert-OH is 1. The van der Waals surface area contributed by atoms with Gasteiger partial charge >= 0.3 is 0 Å². The summed E-state index contributed by atoms with van der Waals surface area (Å²) in [6, 6.07) is 15.4. The molecule has 0 aliphatic heterocycles. The van der Waals surface area contributed by atoms with Gasteiger partial charge in [-0.1, -0.05) is 50.2 Å². The number of aliphatic hydroxyl groups is 1. The second-order valence-corrected chi connectivity index (χ2v) is 6.00. The minimum absolute atomic E-state index is 0.163. The first-order valence-electron chi connectivity index (χ1n) is 7.45. The lowest BCUT2D eigenvalue weighted by molar-refractivity contribution is 0.215. The highest BCUT2D eigenvalue weighted by Crippen LogP contribution is 2.21. The molecule has 0 aliphatic rings. The van der Waals surface area contributed by atoms with Crippen molar-refractivity contribution in [2.75, 3.05) is 6.61 Å². The second-order valence-electron chi connectivity index (χ2n) is 6.00. The highest BCUT2D eigenvalue weighted by molar-refractivity contribution is 5.83. The van der Waals surface area contributed by atoms with Gasteiger partial charge in [-0.3, -0.25) is 0 Å². The molecule has 0 fully saturated rings. The van der Waals surface area contributed by atoms with Gasteiger partial charge in [0, 0.05) is 12.1 Å². The SMILES string of the molecule is CC(C)CC(CO)NC(C)c1ccc2ccccc2c1. The fourth-order valence-corrected chi connectivity index (χ4v) is 2.69. The molecule has 2 heteroatoms. The number of rotatable bonds is 6. The number of benzene rings is 2. The molecule has 2 rings (SSSR count). The van der Waals surface area contributed by atoms with Crippen molar-refractivity contribution < 1.29 is 5.11 Å². The number of nitrogens with one attached hydrogen (secondary N) is 1. The van der Waals surface area contributed by atoms with Crippen LogP contribution in [0.4, 0.5) is 0 Å². The third kappa shape index (κ3) is 3.81. The molecular weight excluding hydrogens is 246 g/mol. The van der Waals surface area contributed by atoms with Crippen molar-refractivity contribution in [2.24, 2.45) is 5.92 Å². The van der Waals surface area contributed by atoms with E-state index < -0.39 is 0 Å². The fourth-order valence-electron chi connectivity index (χ4n) is 2.69. The molecule has 0 saturated heterocycles. The van der Waals surface area contributed by atoms with Crippen LogP contribution in [0.5, 0.6) is 0 Å². The van der Waals surface area contributed by atoms with Gasteiger partial charge in [0.25, 0.3) is 0 Å². The van der Waals surface area contributed by atoms with E-state index in [0.29, 0.717) is 5.92 Å². The molecule has 108 valence electrons. The molecule has 20 heavy (non-hydrogen) atoms. The third-order valence-electron chi connectivity index (χ3n) is 3.74. The molecule has 0 bridgehead atoms. The highest BCUT2D eigenvalue weighted by Gasteiger charge is 2.14. The van der Waals surface area contributed by atoms with Gasteiger partial charge in [-0.25, -0.2) is 0 Å². The van der Waals surface area contributed by atoms with E-state index in [1.54, 1.807) is 0 Å². The summed E-state index contributed by atoms with van der Waals surface area (Å²) < 4.78 is 0. The van der Waals surface area contributed by atoms with Gasteiger partial charge in [-0.15, -0.1) is 0 Å². The van der Waals surface area contributed by atoms with E-state index in [1.165, 1.54) is 16.3 Å². The molecule has 0 saturated carbocycles. The van der Waals surface area contributed by atoms with Gasteiger partial charge in [0.15, 0.2) is 0 Å². The summed E-state index contributed by atoms with van der Waals surface area (Å²) in [4.78, 5) is 0. The molecule has 2 nitrogen and oxygen atoms in total. The molecule has 2 atom stereocenters. The number of fused-ring (bicyclic) bond motifs is 1. The normalized spacial score (nSPS) is 14.7. The van der Waals surface area contributed by atoms with Crippen LogP contribution in [0.15, 0.2) is 42.5 Å². The molecule has 2 aromatic carbocycles. The Balaban J connectivity index is 2.11. The minimum atomic E-state index is 0.163. The van der Waals surface area contributed by atoms with E-state index in [9.17, 15) is 5.11 Å². The highest BCUT2D eigenvalue weighted by atomic mass is 16.3. The van der Waals surface area contributed by atoms with Gasteiger partial charge in [-0.2, -0.15) is 0 Å². The average molecular weight is 271 g/mol. The zero-order valence-electron chi connectivity index (χ0n) is 12.6. The standard InChI is InChI=1S/C18H25NO/c1-13(2)10-18(12-20)19-14(3)16-9-8-15-6-4-5-7-17(15)11-16/h4-9,11,13-14,18-20H,10,12H2,1-3H3. The summed E-state index contributed by atoms with van der Waals surface area (Å²) in [5, 5.41) is 15.5. The van der Waals surface area contributed by atoms with E-state index in [2.05, 4.69) is 68.6 Å². The Labute approximate surface area is 121 Å². The second kappa shape index (κ2) is 6.87.